The van der Waals surface area contributed by atoms with Crippen molar-refractivity contribution in [1.29, 1.82) is 0 Å². The number of para-hydroxylation sites is 1. The van der Waals surface area contributed by atoms with Gasteiger partial charge in [-0.15, -0.1) is 0 Å². The Morgan fingerprint density at radius 2 is 1.71 bits per heavy atom. The fraction of sp³-hybridized carbons (Fsp3) is 0.600. The number of benzene rings is 1. The molecule has 0 heterocycles. The van der Waals surface area contributed by atoms with Crippen molar-refractivity contribution in [2.75, 3.05) is 47.9 Å². The van der Waals surface area contributed by atoms with Gasteiger partial charge in [0.05, 0.1) is 26.4 Å². The molecule has 0 aliphatic rings. The van der Waals surface area contributed by atoms with E-state index in [1.807, 2.05) is 24.3 Å². The molecule has 6 nitrogen and oxygen atoms in total. The third kappa shape index (κ3) is 7.40. The third-order valence-electron chi connectivity index (χ3n) is 2.74. The molecule has 21 heavy (non-hydrogen) atoms. The van der Waals surface area contributed by atoms with Gasteiger partial charge < -0.3 is 28.4 Å². The Labute approximate surface area is 125 Å². The van der Waals surface area contributed by atoms with Gasteiger partial charge in [-0.3, -0.25) is 0 Å². The third-order valence-corrected chi connectivity index (χ3v) is 2.74. The molecule has 0 aromatic heterocycles. The molecule has 0 aliphatic heterocycles. The summed E-state index contributed by atoms with van der Waals surface area (Å²) in [5.74, 6) is 0.737. The van der Waals surface area contributed by atoms with E-state index in [1.54, 1.807) is 21.3 Å². The van der Waals surface area contributed by atoms with Crippen LogP contribution in [0.2, 0.25) is 0 Å². The van der Waals surface area contributed by atoms with Crippen LogP contribution in [0, 0.1) is 0 Å². The van der Waals surface area contributed by atoms with Gasteiger partial charge in [-0.1, -0.05) is 18.2 Å². The van der Waals surface area contributed by atoms with E-state index in [4.69, 9.17) is 28.4 Å². The first kappa shape index (κ1) is 17.9. The van der Waals surface area contributed by atoms with E-state index in [-0.39, 0.29) is 13.1 Å². The number of ether oxygens (including phenoxy) is 6. The molecule has 0 radical (unpaired) electrons. The van der Waals surface area contributed by atoms with E-state index in [9.17, 15) is 0 Å². The summed E-state index contributed by atoms with van der Waals surface area (Å²) >= 11 is 0. The van der Waals surface area contributed by atoms with Crippen LogP contribution in [0.3, 0.4) is 0 Å². The highest BCUT2D eigenvalue weighted by atomic mass is 16.7. The van der Waals surface area contributed by atoms with Crippen molar-refractivity contribution in [3.05, 3.63) is 29.8 Å². The molecule has 0 atom stereocenters. The molecular formula is C15H24O6. The number of methoxy groups -OCH3 is 3. The average Bonchev–Trinajstić information content (AvgIpc) is 2.52. The fourth-order valence-corrected chi connectivity index (χ4v) is 1.57. The van der Waals surface area contributed by atoms with Crippen molar-refractivity contribution < 1.29 is 28.4 Å². The highest BCUT2D eigenvalue weighted by Crippen LogP contribution is 2.19. The Morgan fingerprint density at radius 3 is 2.43 bits per heavy atom. The first-order chi connectivity index (χ1) is 10.3. The lowest BCUT2D eigenvalue weighted by atomic mass is 10.2. The molecule has 0 saturated heterocycles. The Morgan fingerprint density at radius 1 is 0.952 bits per heavy atom. The lowest BCUT2D eigenvalue weighted by molar-refractivity contribution is -0.142. The van der Waals surface area contributed by atoms with Crippen LogP contribution in [0.1, 0.15) is 5.56 Å². The van der Waals surface area contributed by atoms with Crippen LogP contribution < -0.4 is 4.74 Å². The lowest BCUT2D eigenvalue weighted by Gasteiger charge is -2.15. The maximum atomic E-state index is 5.57. The molecular weight excluding hydrogens is 276 g/mol. The van der Waals surface area contributed by atoms with Gasteiger partial charge in [0.1, 0.15) is 5.75 Å². The van der Waals surface area contributed by atoms with Crippen molar-refractivity contribution >= 4 is 0 Å². The van der Waals surface area contributed by atoms with Crippen LogP contribution in [0.15, 0.2) is 24.3 Å². The maximum Gasteiger partial charge on any atom is 0.189 e. The van der Waals surface area contributed by atoms with Crippen LogP contribution in [-0.2, 0) is 30.3 Å². The van der Waals surface area contributed by atoms with E-state index >= 15 is 0 Å². The molecule has 0 unspecified atom stereocenters. The SMILES string of the molecule is COCCOCOc1ccccc1COCC(OC)OC. The number of hydrogen-bond donors (Lipinski definition) is 0. The minimum Gasteiger partial charge on any atom is -0.467 e. The van der Waals surface area contributed by atoms with Gasteiger partial charge in [0.2, 0.25) is 0 Å². The Hall–Kier alpha value is -1.18. The normalized spacial score (nSPS) is 11.0. The van der Waals surface area contributed by atoms with Crippen LogP contribution in [-0.4, -0.2) is 54.2 Å². The zero-order valence-electron chi connectivity index (χ0n) is 12.9. The minimum atomic E-state index is -0.365. The van der Waals surface area contributed by atoms with Gasteiger partial charge in [0, 0.05) is 26.9 Å². The summed E-state index contributed by atoms with van der Waals surface area (Å²) in [4.78, 5) is 0. The monoisotopic (exact) mass is 300 g/mol. The van der Waals surface area contributed by atoms with Crippen molar-refractivity contribution in [3.63, 3.8) is 0 Å². The highest BCUT2D eigenvalue weighted by Gasteiger charge is 2.07. The summed E-state index contributed by atoms with van der Waals surface area (Å²) in [5, 5.41) is 0. The van der Waals surface area contributed by atoms with Crippen LogP contribution >= 0.6 is 0 Å². The van der Waals surface area contributed by atoms with Crippen molar-refractivity contribution in [2.24, 2.45) is 0 Å². The Kier molecular flexibility index (Phi) is 9.77. The second-order valence-electron chi connectivity index (χ2n) is 4.19. The van der Waals surface area contributed by atoms with Crippen LogP contribution in [0.5, 0.6) is 5.75 Å². The zero-order valence-corrected chi connectivity index (χ0v) is 12.9. The summed E-state index contributed by atoms with van der Waals surface area (Å²) in [6.45, 7) is 1.99. The minimum absolute atomic E-state index is 0.180. The van der Waals surface area contributed by atoms with Crippen LogP contribution in [0.4, 0.5) is 0 Å². The molecule has 1 aromatic carbocycles. The molecule has 1 aromatic rings. The van der Waals surface area contributed by atoms with E-state index in [1.165, 1.54) is 0 Å². The molecule has 120 valence electrons. The summed E-state index contributed by atoms with van der Waals surface area (Å²) < 4.78 is 31.4. The van der Waals surface area contributed by atoms with Gasteiger partial charge in [-0.25, -0.2) is 0 Å². The molecule has 0 fully saturated rings. The second-order valence-corrected chi connectivity index (χ2v) is 4.19. The predicted molar refractivity (Wildman–Crippen MR) is 77.2 cm³/mol. The smallest absolute Gasteiger partial charge is 0.189 e. The van der Waals surface area contributed by atoms with Crippen molar-refractivity contribution in [2.45, 2.75) is 12.9 Å². The van der Waals surface area contributed by atoms with Gasteiger partial charge in [-0.05, 0) is 6.07 Å². The summed E-state index contributed by atoms with van der Waals surface area (Å²) in [5.41, 5.74) is 0.943. The van der Waals surface area contributed by atoms with Gasteiger partial charge in [0.25, 0.3) is 0 Å². The van der Waals surface area contributed by atoms with E-state index in [2.05, 4.69) is 0 Å². The lowest BCUT2D eigenvalue weighted by Crippen LogP contribution is -2.20. The van der Waals surface area contributed by atoms with Crippen molar-refractivity contribution in [1.82, 2.24) is 0 Å². The van der Waals surface area contributed by atoms with E-state index in [0.29, 0.717) is 26.4 Å². The largest absolute Gasteiger partial charge is 0.467 e. The predicted octanol–water partition coefficient (Wildman–Crippen LogP) is 1.82. The summed E-state index contributed by atoms with van der Waals surface area (Å²) in [6, 6.07) is 7.66. The fourth-order valence-electron chi connectivity index (χ4n) is 1.57. The van der Waals surface area contributed by atoms with Gasteiger partial charge >= 0.3 is 0 Å². The molecule has 6 heteroatoms. The zero-order chi connectivity index (χ0) is 15.3. The number of rotatable bonds is 12. The molecule has 0 amide bonds. The van der Waals surface area contributed by atoms with E-state index in [0.717, 1.165) is 11.3 Å². The standard InChI is InChI=1S/C15H24O6/c1-16-8-9-19-12-21-14-7-5-4-6-13(14)10-20-11-15(17-2)18-3/h4-7,15H,8-12H2,1-3H3. The quantitative estimate of drug-likeness (QED) is 0.433. The summed E-state index contributed by atoms with van der Waals surface area (Å²) in [6.07, 6.45) is -0.365. The molecule has 0 N–H and O–H groups in total. The highest BCUT2D eigenvalue weighted by molar-refractivity contribution is 5.32. The average molecular weight is 300 g/mol. The Balaban J connectivity index is 2.36. The second kappa shape index (κ2) is 11.5. The topological polar surface area (TPSA) is 55.4 Å². The molecule has 0 bridgehead atoms. The molecule has 0 aliphatic carbocycles. The Bertz CT molecular complexity index is 367. The summed E-state index contributed by atoms with van der Waals surface area (Å²) in [7, 11) is 4.78. The first-order valence-electron chi connectivity index (χ1n) is 6.72. The van der Waals surface area contributed by atoms with Crippen LogP contribution in [0.25, 0.3) is 0 Å². The van der Waals surface area contributed by atoms with Gasteiger partial charge in [0.15, 0.2) is 13.1 Å². The number of hydrogen-bond acceptors (Lipinski definition) is 6. The van der Waals surface area contributed by atoms with E-state index < -0.39 is 0 Å². The molecule has 0 spiro atoms. The first-order valence-corrected chi connectivity index (χ1v) is 6.72. The maximum absolute atomic E-state index is 5.57. The van der Waals surface area contributed by atoms with Gasteiger partial charge in [-0.2, -0.15) is 0 Å². The molecule has 0 saturated carbocycles. The van der Waals surface area contributed by atoms with Crippen molar-refractivity contribution in [3.8, 4) is 5.75 Å². The molecule has 1 rings (SSSR count).